The summed E-state index contributed by atoms with van der Waals surface area (Å²) in [5.41, 5.74) is -0.461. The second kappa shape index (κ2) is 6.01. The summed E-state index contributed by atoms with van der Waals surface area (Å²) < 4.78 is 0. The van der Waals surface area contributed by atoms with Crippen LogP contribution >= 0.6 is 11.3 Å². The minimum Gasteiger partial charge on any atom is -0.480 e. The minimum absolute atomic E-state index is 0.301. The normalized spacial score (nSPS) is 11.2. The number of aryl methyl sites for hydroxylation is 1. The van der Waals surface area contributed by atoms with E-state index >= 15 is 0 Å². The molecule has 1 aromatic rings. The highest BCUT2D eigenvalue weighted by molar-refractivity contribution is 7.09. The number of urea groups is 1. The van der Waals surface area contributed by atoms with Gasteiger partial charge in [-0.2, -0.15) is 0 Å². The molecule has 0 fully saturated rings. The van der Waals surface area contributed by atoms with E-state index in [9.17, 15) is 9.59 Å². The number of amides is 2. The van der Waals surface area contributed by atoms with Crippen LogP contribution in [0.5, 0.6) is 0 Å². The number of nitrogens with zero attached hydrogens (tertiary/aromatic N) is 2. The van der Waals surface area contributed by atoms with Gasteiger partial charge in [-0.05, 0) is 27.7 Å². The Morgan fingerprint density at radius 3 is 2.58 bits per heavy atom. The molecule has 7 heteroatoms. The molecule has 0 saturated carbocycles. The van der Waals surface area contributed by atoms with Crippen molar-refractivity contribution in [2.24, 2.45) is 0 Å². The summed E-state index contributed by atoms with van der Waals surface area (Å²) >= 11 is 1.51. The summed E-state index contributed by atoms with van der Waals surface area (Å²) in [5.74, 6) is -1.03. The topological polar surface area (TPSA) is 82.5 Å². The lowest BCUT2D eigenvalue weighted by Crippen LogP contribution is -2.55. The van der Waals surface area contributed by atoms with Gasteiger partial charge in [-0.25, -0.2) is 14.6 Å². The lowest BCUT2D eigenvalue weighted by molar-refractivity contribution is -0.147. The smallest absolute Gasteiger partial charge is 0.329 e. The Morgan fingerprint density at radius 1 is 1.53 bits per heavy atom. The van der Waals surface area contributed by atoms with E-state index in [2.05, 4.69) is 10.3 Å². The standard InChI is InChI=1S/C12H19N3O3S/c1-5-15(12(3,4)10(16)17)11(18)13-6-9-7-19-8(2)14-9/h7H,5-6H2,1-4H3,(H,13,18)(H,16,17). The van der Waals surface area contributed by atoms with Crippen molar-refractivity contribution in [1.82, 2.24) is 15.2 Å². The lowest BCUT2D eigenvalue weighted by atomic mass is 10.0. The van der Waals surface area contributed by atoms with Crippen LogP contribution in [0.25, 0.3) is 0 Å². The number of aliphatic carboxylic acids is 1. The van der Waals surface area contributed by atoms with Crippen molar-refractivity contribution in [3.05, 3.63) is 16.1 Å². The maximum absolute atomic E-state index is 12.0. The highest BCUT2D eigenvalue weighted by Crippen LogP contribution is 2.15. The van der Waals surface area contributed by atoms with E-state index in [1.54, 1.807) is 6.92 Å². The molecule has 1 heterocycles. The molecule has 0 radical (unpaired) electrons. The van der Waals surface area contributed by atoms with E-state index in [0.29, 0.717) is 13.1 Å². The van der Waals surface area contributed by atoms with Crippen LogP contribution in [0.2, 0.25) is 0 Å². The Labute approximate surface area is 116 Å². The molecular formula is C12H19N3O3S. The van der Waals surface area contributed by atoms with Crippen LogP contribution < -0.4 is 5.32 Å². The molecule has 0 aromatic carbocycles. The Morgan fingerprint density at radius 2 is 2.16 bits per heavy atom. The third kappa shape index (κ3) is 3.66. The summed E-state index contributed by atoms with van der Waals surface area (Å²) in [6.07, 6.45) is 0. The zero-order valence-corrected chi connectivity index (χ0v) is 12.4. The van der Waals surface area contributed by atoms with Crippen LogP contribution in [-0.2, 0) is 11.3 Å². The van der Waals surface area contributed by atoms with Crippen molar-refractivity contribution >= 4 is 23.3 Å². The van der Waals surface area contributed by atoms with Crippen LogP contribution in [0, 0.1) is 6.92 Å². The quantitative estimate of drug-likeness (QED) is 0.865. The number of thiazole rings is 1. The number of hydrogen-bond acceptors (Lipinski definition) is 4. The summed E-state index contributed by atoms with van der Waals surface area (Å²) in [4.78, 5) is 28.7. The van der Waals surface area contributed by atoms with Crippen molar-refractivity contribution in [2.45, 2.75) is 39.8 Å². The fourth-order valence-corrected chi connectivity index (χ4v) is 2.27. The fourth-order valence-electron chi connectivity index (χ4n) is 1.66. The maximum Gasteiger partial charge on any atom is 0.329 e. The van der Waals surface area contributed by atoms with Gasteiger partial charge in [0.25, 0.3) is 0 Å². The van der Waals surface area contributed by atoms with Crippen molar-refractivity contribution in [1.29, 1.82) is 0 Å². The second-order valence-electron chi connectivity index (χ2n) is 4.62. The van der Waals surface area contributed by atoms with Crippen molar-refractivity contribution < 1.29 is 14.7 Å². The first-order chi connectivity index (χ1) is 8.78. The average Bonchev–Trinajstić information content (AvgIpc) is 2.73. The van der Waals surface area contributed by atoms with E-state index in [1.807, 2.05) is 12.3 Å². The van der Waals surface area contributed by atoms with Gasteiger partial charge in [0.15, 0.2) is 0 Å². The van der Waals surface area contributed by atoms with Crippen LogP contribution in [0.15, 0.2) is 5.38 Å². The number of rotatable bonds is 5. The van der Waals surface area contributed by atoms with E-state index in [1.165, 1.54) is 30.1 Å². The second-order valence-corrected chi connectivity index (χ2v) is 5.69. The fraction of sp³-hybridized carbons (Fsp3) is 0.583. The van der Waals surface area contributed by atoms with Gasteiger partial charge in [-0.3, -0.25) is 0 Å². The number of carboxylic acid groups (broad SMARTS) is 1. The van der Waals surface area contributed by atoms with Crippen LogP contribution in [-0.4, -0.2) is 39.1 Å². The third-order valence-electron chi connectivity index (χ3n) is 2.85. The maximum atomic E-state index is 12.0. The SMILES string of the molecule is CCN(C(=O)NCc1csc(C)n1)C(C)(C)C(=O)O. The first-order valence-corrected chi connectivity index (χ1v) is 6.86. The Kier molecular flexibility index (Phi) is 4.88. The molecule has 6 nitrogen and oxygen atoms in total. The predicted octanol–water partition coefficient (Wildman–Crippen LogP) is 1.85. The molecule has 1 rings (SSSR count). The highest BCUT2D eigenvalue weighted by atomic mass is 32.1. The first kappa shape index (κ1) is 15.4. The van der Waals surface area contributed by atoms with E-state index < -0.39 is 17.5 Å². The van der Waals surface area contributed by atoms with Gasteiger partial charge in [0.2, 0.25) is 0 Å². The molecule has 0 aliphatic heterocycles. The van der Waals surface area contributed by atoms with Gasteiger partial charge in [0.05, 0.1) is 17.2 Å². The third-order valence-corrected chi connectivity index (χ3v) is 3.67. The zero-order valence-electron chi connectivity index (χ0n) is 11.6. The number of aromatic nitrogens is 1. The summed E-state index contributed by atoms with van der Waals surface area (Å²) in [6, 6.07) is -0.402. The van der Waals surface area contributed by atoms with Gasteiger partial charge in [-0.15, -0.1) is 11.3 Å². The van der Waals surface area contributed by atoms with Crippen LogP contribution in [0.1, 0.15) is 31.5 Å². The first-order valence-electron chi connectivity index (χ1n) is 5.99. The molecule has 0 aliphatic carbocycles. The molecule has 106 valence electrons. The van der Waals surface area contributed by atoms with Gasteiger partial charge >= 0.3 is 12.0 Å². The number of carbonyl (C=O) groups excluding carboxylic acids is 1. The molecule has 0 atom stereocenters. The Balaban J connectivity index is 2.67. The van der Waals surface area contributed by atoms with Crippen LogP contribution in [0.4, 0.5) is 4.79 Å². The van der Waals surface area contributed by atoms with Gasteiger partial charge in [0, 0.05) is 11.9 Å². The van der Waals surface area contributed by atoms with Crippen molar-refractivity contribution in [3.8, 4) is 0 Å². The molecule has 0 saturated heterocycles. The largest absolute Gasteiger partial charge is 0.480 e. The molecular weight excluding hydrogens is 266 g/mol. The number of carboxylic acids is 1. The monoisotopic (exact) mass is 285 g/mol. The summed E-state index contributed by atoms with van der Waals surface area (Å²) in [7, 11) is 0. The van der Waals surface area contributed by atoms with E-state index in [-0.39, 0.29) is 0 Å². The molecule has 2 amide bonds. The molecule has 0 spiro atoms. The molecule has 0 aliphatic rings. The van der Waals surface area contributed by atoms with Gasteiger partial charge in [-0.1, -0.05) is 0 Å². The molecule has 19 heavy (non-hydrogen) atoms. The van der Waals surface area contributed by atoms with Crippen molar-refractivity contribution in [2.75, 3.05) is 6.54 Å². The molecule has 0 bridgehead atoms. The number of likely N-dealkylation sites (N-methyl/N-ethyl adjacent to an activating group) is 1. The molecule has 2 N–H and O–H groups in total. The number of hydrogen-bond donors (Lipinski definition) is 2. The van der Waals surface area contributed by atoms with E-state index in [0.717, 1.165) is 10.7 Å². The average molecular weight is 285 g/mol. The van der Waals surface area contributed by atoms with Gasteiger partial charge < -0.3 is 15.3 Å². The minimum atomic E-state index is -1.24. The summed E-state index contributed by atoms with van der Waals surface area (Å²) in [6.45, 7) is 7.27. The van der Waals surface area contributed by atoms with Crippen molar-refractivity contribution in [3.63, 3.8) is 0 Å². The zero-order chi connectivity index (χ0) is 14.6. The number of nitrogens with one attached hydrogen (secondary N) is 1. The number of carbonyl (C=O) groups is 2. The lowest BCUT2D eigenvalue weighted by Gasteiger charge is -2.34. The Hall–Kier alpha value is -1.63. The van der Waals surface area contributed by atoms with Gasteiger partial charge in [0.1, 0.15) is 5.54 Å². The molecule has 0 unspecified atom stereocenters. The molecule has 1 aromatic heterocycles. The highest BCUT2D eigenvalue weighted by Gasteiger charge is 2.36. The van der Waals surface area contributed by atoms with Crippen LogP contribution in [0.3, 0.4) is 0 Å². The Bertz CT molecular complexity index is 471. The predicted molar refractivity (Wildman–Crippen MR) is 73.2 cm³/mol. The van der Waals surface area contributed by atoms with E-state index in [4.69, 9.17) is 5.11 Å². The summed E-state index contributed by atoms with van der Waals surface area (Å²) in [5, 5.41) is 14.6.